The Labute approximate surface area is 118 Å². The van der Waals surface area contributed by atoms with E-state index in [0.29, 0.717) is 19.0 Å². The van der Waals surface area contributed by atoms with E-state index in [-0.39, 0.29) is 11.7 Å². The van der Waals surface area contributed by atoms with E-state index in [1.165, 1.54) is 0 Å². The van der Waals surface area contributed by atoms with E-state index in [2.05, 4.69) is 0 Å². The first-order valence-corrected chi connectivity index (χ1v) is 6.34. The molecule has 1 aliphatic rings. The van der Waals surface area contributed by atoms with Gasteiger partial charge in [0, 0.05) is 12.1 Å². The zero-order valence-corrected chi connectivity index (χ0v) is 11.5. The van der Waals surface area contributed by atoms with Gasteiger partial charge in [-0.15, -0.1) is 0 Å². The highest BCUT2D eigenvalue weighted by atomic mass is 16.5. The number of hydrogen-bond acceptors (Lipinski definition) is 5. The van der Waals surface area contributed by atoms with Gasteiger partial charge in [-0.2, -0.15) is 10.5 Å². The van der Waals surface area contributed by atoms with E-state index in [9.17, 15) is 0 Å². The molecule has 0 aliphatic carbocycles. The summed E-state index contributed by atoms with van der Waals surface area (Å²) in [6.07, 6.45) is -0.238. The van der Waals surface area contributed by atoms with Gasteiger partial charge in [0.05, 0.1) is 13.7 Å². The number of methoxy groups -OCH3 is 1. The number of nitriles is 2. The fraction of sp³-hybridized carbons (Fsp3) is 0.333. The minimum Gasteiger partial charge on any atom is -0.496 e. The molecule has 102 valence electrons. The lowest BCUT2D eigenvalue weighted by atomic mass is 10.1. The molecule has 1 aromatic carbocycles. The lowest BCUT2D eigenvalue weighted by Gasteiger charge is -2.13. The maximum atomic E-state index is 9.00. The van der Waals surface area contributed by atoms with Crippen molar-refractivity contribution in [2.75, 3.05) is 20.2 Å². The lowest BCUT2D eigenvalue weighted by Crippen LogP contribution is -2.19. The summed E-state index contributed by atoms with van der Waals surface area (Å²) in [7, 11) is 1.61. The van der Waals surface area contributed by atoms with Crippen molar-refractivity contribution in [3.63, 3.8) is 0 Å². The summed E-state index contributed by atoms with van der Waals surface area (Å²) in [6, 6.07) is 11.4. The molecule has 1 fully saturated rings. The van der Waals surface area contributed by atoms with Crippen LogP contribution in [-0.2, 0) is 4.74 Å². The molecule has 0 aromatic heterocycles. The molecule has 0 bridgehead atoms. The largest absolute Gasteiger partial charge is 0.496 e. The van der Waals surface area contributed by atoms with Crippen molar-refractivity contribution in [1.29, 1.82) is 10.5 Å². The summed E-state index contributed by atoms with van der Waals surface area (Å²) >= 11 is 0. The van der Waals surface area contributed by atoms with Crippen molar-refractivity contribution in [1.82, 2.24) is 4.90 Å². The molecule has 5 nitrogen and oxygen atoms in total. The molecular weight excluding hydrogens is 254 g/mol. The lowest BCUT2D eigenvalue weighted by molar-refractivity contribution is 0.158. The van der Waals surface area contributed by atoms with Crippen LogP contribution in [0, 0.1) is 22.7 Å². The molecule has 0 N–H and O–H groups in total. The Morgan fingerprint density at radius 1 is 1.40 bits per heavy atom. The average molecular weight is 269 g/mol. The number of nitrogens with zero attached hydrogens (tertiary/aromatic N) is 3. The summed E-state index contributed by atoms with van der Waals surface area (Å²) in [5, 5.41) is 18.0. The molecule has 1 unspecified atom stereocenters. The van der Waals surface area contributed by atoms with Crippen molar-refractivity contribution < 1.29 is 9.47 Å². The molecule has 0 amide bonds. The highest BCUT2D eigenvalue weighted by Gasteiger charge is 2.32. The molecule has 1 heterocycles. The molecule has 2 rings (SSSR count). The monoisotopic (exact) mass is 269 g/mol. The number of likely N-dealkylation sites (N-methyl/N-ethyl adjacent to an activating group) is 1. The van der Waals surface area contributed by atoms with Crippen LogP contribution in [0.2, 0.25) is 0 Å². The van der Waals surface area contributed by atoms with Crippen LogP contribution in [0.5, 0.6) is 5.75 Å². The fourth-order valence-corrected chi connectivity index (χ4v) is 2.23. The zero-order chi connectivity index (χ0) is 14.5. The Morgan fingerprint density at radius 3 is 2.70 bits per heavy atom. The molecule has 1 aromatic rings. The highest BCUT2D eigenvalue weighted by molar-refractivity contribution is 5.41. The molecule has 5 heteroatoms. The number of benzene rings is 1. The van der Waals surface area contributed by atoms with Gasteiger partial charge in [0.15, 0.2) is 5.57 Å². The van der Waals surface area contributed by atoms with Crippen LogP contribution in [-0.4, -0.2) is 25.1 Å². The van der Waals surface area contributed by atoms with Crippen LogP contribution in [0.25, 0.3) is 0 Å². The Morgan fingerprint density at radius 2 is 2.10 bits per heavy atom. The number of allylic oxidation sites excluding steroid dienone is 1. The maximum Gasteiger partial charge on any atom is 0.219 e. The van der Waals surface area contributed by atoms with Crippen molar-refractivity contribution in [3.05, 3.63) is 41.3 Å². The molecule has 0 radical (unpaired) electrons. The summed E-state index contributed by atoms with van der Waals surface area (Å²) in [4.78, 5) is 1.89. The standard InChI is InChI=1S/C15H15N3O2/c1-3-18-10-14(20-15(18)11(8-16)9-17)12-6-4-5-7-13(12)19-2/h4-7,14H,3,10H2,1-2H3. The normalized spacial score (nSPS) is 17.1. The summed E-state index contributed by atoms with van der Waals surface area (Å²) in [5.41, 5.74) is 0.919. The Balaban J connectivity index is 2.37. The van der Waals surface area contributed by atoms with Gasteiger partial charge >= 0.3 is 0 Å². The van der Waals surface area contributed by atoms with Gasteiger partial charge in [0.25, 0.3) is 0 Å². The van der Waals surface area contributed by atoms with Crippen LogP contribution in [0.3, 0.4) is 0 Å². The van der Waals surface area contributed by atoms with E-state index in [4.69, 9.17) is 20.0 Å². The topological polar surface area (TPSA) is 69.3 Å². The third-order valence-corrected chi connectivity index (χ3v) is 3.23. The smallest absolute Gasteiger partial charge is 0.219 e. The second-order valence-electron chi connectivity index (χ2n) is 4.29. The molecule has 0 saturated carbocycles. The summed E-state index contributed by atoms with van der Waals surface area (Å²) < 4.78 is 11.1. The number of rotatable bonds is 3. The molecular formula is C15H15N3O2. The third kappa shape index (κ3) is 2.39. The van der Waals surface area contributed by atoms with Gasteiger partial charge in [-0.1, -0.05) is 18.2 Å². The van der Waals surface area contributed by atoms with Crippen LogP contribution < -0.4 is 4.74 Å². The van der Waals surface area contributed by atoms with Crippen molar-refractivity contribution in [3.8, 4) is 17.9 Å². The van der Waals surface area contributed by atoms with E-state index in [1.807, 2.05) is 48.2 Å². The first kappa shape index (κ1) is 13.8. The first-order valence-electron chi connectivity index (χ1n) is 6.34. The second kappa shape index (κ2) is 5.99. The predicted molar refractivity (Wildman–Crippen MR) is 72.3 cm³/mol. The third-order valence-electron chi connectivity index (χ3n) is 3.23. The van der Waals surface area contributed by atoms with Crippen LogP contribution in [0.15, 0.2) is 35.7 Å². The van der Waals surface area contributed by atoms with Crippen molar-refractivity contribution in [2.45, 2.75) is 13.0 Å². The van der Waals surface area contributed by atoms with Gasteiger partial charge in [0.2, 0.25) is 5.88 Å². The molecule has 1 atom stereocenters. The van der Waals surface area contributed by atoms with Gasteiger partial charge in [0.1, 0.15) is 24.0 Å². The molecule has 0 spiro atoms. The Bertz CT molecular complexity index is 594. The van der Waals surface area contributed by atoms with E-state index < -0.39 is 0 Å². The SMILES string of the molecule is CCN1CC(c2ccccc2OC)OC1=C(C#N)C#N. The molecule has 1 saturated heterocycles. The minimum atomic E-state index is -0.238. The number of ether oxygens (including phenoxy) is 2. The quantitative estimate of drug-likeness (QED) is 0.788. The van der Waals surface area contributed by atoms with Crippen LogP contribution >= 0.6 is 0 Å². The van der Waals surface area contributed by atoms with Gasteiger partial charge in [-0.3, -0.25) is 0 Å². The fourth-order valence-electron chi connectivity index (χ4n) is 2.23. The summed E-state index contributed by atoms with van der Waals surface area (Å²) in [6.45, 7) is 3.23. The number of hydrogen-bond donors (Lipinski definition) is 0. The van der Waals surface area contributed by atoms with Crippen molar-refractivity contribution >= 4 is 0 Å². The first-order chi connectivity index (χ1) is 9.74. The minimum absolute atomic E-state index is 0.00393. The molecule has 20 heavy (non-hydrogen) atoms. The van der Waals surface area contributed by atoms with Crippen molar-refractivity contribution in [2.24, 2.45) is 0 Å². The highest BCUT2D eigenvalue weighted by Crippen LogP contribution is 2.36. The second-order valence-corrected chi connectivity index (χ2v) is 4.29. The van der Waals surface area contributed by atoms with Crippen LogP contribution in [0.4, 0.5) is 0 Å². The maximum absolute atomic E-state index is 9.00. The number of para-hydroxylation sites is 1. The van der Waals surface area contributed by atoms with Crippen LogP contribution in [0.1, 0.15) is 18.6 Å². The average Bonchev–Trinajstić information content (AvgIpc) is 2.92. The van der Waals surface area contributed by atoms with E-state index >= 15 is 0 Å². The molecule has 1 aliphatic heterocycles. The van der Waals surface area contributed by atoms with Gasteiger partial charge in [-0.25, -0.2) is 0 Å². The van der Waals surface area contributed by atoms with E-state index in [1.54, 1.807) is 7.11 Å². The predicted octanol–water partition coefficient (Wildman–Crippen LogP) is 2.35. The van der Waals surface area contributed by atoms with Gasteiger partial charge in [-0.05, 0) is 13.0 Å². The Kier molecular flexibility index (Phi) is 4.12. The Hall–Kier alpha value is -2.66. The van der Waals surface area contributed by atoms with Gasteiger partial charge < -0.3 is 14.4 Å². The van der Waals surface area contributed by atoms with E-state index in [0.717, 1.165) is 11.3 Å². The summed E-state index contributed by atoms with van der Waals surface area (Å²) in [5.74, 6) is 1.10. The zero-order valence-electron chi connectivity index (χ0n) is 11.5.